The van der Waals surface area contributed by atoms with Gasteiger partial charge in [0.1, 0.15) is 0 Å². The number of carbonyl (C=O) groups is 1. The van der Waals surface area contributed by atoms with Crippen molar-refractivity contribution in [2.45, 2.75) is 136 Å². The number of methoxy groups -OCH3 is 2. The summed E-state index contributed by atoms with van der Waals surface area (Å²) in [6, 6.07) is 27.2. The fraction of sp³-hybridized carbons (Fsp3) is 0.552. The number of likely N-dealkylation sites (tertiary alicyclic amines) is 2. The van der Waals surface area contributed by atoms with Crippen molar-refractivity contribution in [3.8, 4) is 22.5 Å². The summed E-state index contributed by atoms with van der Waals surface area (Å²) in [6.45, 7) is 21.3. The van der Waals surface area contributed by atoms with Gasteiger partial charge in [-0.05, 0) is 167 Å². The Morgan fingerprint density at radius 2 is 0.938 bits per heavy atom. The van der Waals surface area contributed by atoms with Crippen LogP contribution in [0.5, 0.6) is 0 Å². The van der Waals surface area contributed by atoms with Crippen LogP contribution in [0.1, 0.15) is 140 Å². The first-order valence-corrected chi connectivity index (χ1v) is 30.2. The zero-order valence-corrected chi connectivity index (χ0v) is 50.7. The number of benzene rings is 4. The van der Waals surface area contributed by atoms with Gasteiger partial charge in [0.25, 0.3) is 0 Å². The molecule has 2 atom stereocenters. The number of ether oxygens (including phenoxy) is 2. The van der Waals surface area contributed by atoms with Crippen molar-refractivity contribution in [1.82, 2.24) is 18.9 Å². The van der Waals surface area contributed by atoms with Gasteiger partial charge in [-0.25, -0.2) is 4.79 Å². The van der Waals surface area contributed by atoms with Crippen LogP contribution in [0.15, 0.2) is 72.8 Å². The molecule has 2 aliphatic carbocycles. The lowest BCUT2D eigenvalue weighted by Gasteiger charge is -2.34. The second kappa shape index (κ2) is 28.9. The van der Waals surface area contributed by atoms with Crippen LogP contribution in [0.3, 0.4) is 0 Å². The molecule has 0 spiro atoms. The molecule has 1 N–H and O–H groups in total. The van der Waals surface area contributed by atoms with E-state index >= 15 is 0 Å². The fourth-order valence-corrected chi connectivity index (χ4v) is 15.0. The molecule has 0 unspecified atom stereocenters. The van der Waals surface area contributed by atoms with Crippen LogP contribution in [-0.4, -0.2) is 129 Å². The molecule has 4 aliphatic heterocycles. The number of halogens is 2. The Morgan fingerprint density at radius 1 is 0.519 bits per heavy atom. The summed E-state index contributed by atoms with van der Waals surface area (Å²) in [5, 5.41) is 12.6. The lowest BCUT2D eigenvalue weighted by Crippen LogP contribution is -2.42. The Morgan fingerprint density at radius 3 is 1.38 bits per heavy atom. The van der Waals surface area contributed by atoms with E-state index in [1.807, 2.05) is 20.3 Å². The second-order valence-electron chi connectivity index (χ2n) is 24.2. The van der Waals surface area contributed by atoms with Crippen molar-refractivity contribution >= 4 is 70.1 Å². The third-order valence-electron chi connectivity index (χ3n) is 18.7. The standard InChI is InChI=1S/C33H43N3O3.C33H45N3O.CO2.2ClH/c1-23-10-12-28-29(19-23)35(16-15-34-14-6-7-24(21-34)22-39-2)17-18-36-30-20-26(33(37)38)11-13-27(30)31(32(28)36)25-8-4-3-5-9-25;1-24-12-14-29-30(20-24)35(17-16-34-15-7-8-26(22-34)23-37-3)18-19-36-31-21-25(2)11-13-28(31)32(33(29)36)27-9-5-4-6-10-27;2-1-3;;/h10-13,19-20,24-25H,3-9,14-18,21-22H2,1-2H3,(H,37,38);11-14,20-21,26-27H,4-10,15-19,22-23H2,1-3H3;;2*1H/t24-;26-;;;/m11.../s1. The highest BCUT2D eigenvalue weighted by Crippen LogP contribution is 2.50. The van der Waals surface area contributed by atoms with Gasteiger partial charge in [0.2, 0.25) is 0 Å². The number of hydrogen-bond donors (Lipinski definition) is 1. The Hall–Kier alpha value is -5.17. The molecule has 2 saturated carbocycles. The Balaban J connectivity index is 0.000000198. The maximum Gasteiger partial charge on any atom is 0.373 e. The third kappa shape index (κ3) is 13.9. The van der Waals surface area contributed by atoms with Gasteiger partial charge >= 0.3 is 12.1 Å². The molecule has 6 heterocycles. The summed E-state index contributed by atoms with van der Waals surface area (Å²) in [5.41, 5.74) is 18.4. The quantitative estimate of drug-likeness (QED) is 0.120. The van der Waals surface area contributed by atoms with Crippen molar-refractivity contribution in [3.63, 3.8) is 0 Å². The van der Waals surface area contributed by atoms with Gasteiger partial charge < -0.3 is 43.3 Å². The van der Waals surface area contributed by atoms with Gasteiger partial charge in [-0.1, -0.05) is 81.0 Å². The predicted molar refractivity (Wildman–Crippen MR) is 334 cm³/mol. The highest BCUT2D eigenvalue weighted by molar-refractivity contribution is 6.00. The number of nitrogens with zero attached hydrogens (tertiary/aromatic N) is 6. The number of aromatic nitrogens is 2. The lowest BCUT2D eigenvalue weighted by atomic mass is 9.81. The predicted octanol–water partition coefficient (Wildman–Crippen LogP) is 14.0. The van der Waals surface area contributed by atoms with Crippen molar-refractivity contribution in [1.29, 1.82) is 0 Å². The van der Waals surface area contributed by atoms with E-state index in [9.17, 15) is 9.90 Å². The summed E-state index contributed by atoms with van der Waals surface area (Å²) >= 11 is 0. The molecule has 0 bridgehead atoms. The van der Waals surface area contributed by atoms with Crippen molar-refractivity contribution in [2.75, 3.05) is 103 Å². The van der Waals surface area contributed by atoms with Crippen molar-refractivity contribution in [2.24, 2.45) is 11.8 Å². The van der Waals surface area contributed by atoms with Gasteiger partial charge in [-0.3, -0.25) is 0 Å². The fourth-order valence-electron chi connectivity index (χ4n) is 15.0. The maximum absolute atomic E-state index is 11.9. The van der Waals surface area contributed by atoms with E-state index in [-0.39, 0.29) is 31.0 Å². The number of hydrogen-bond acceptors (Lipinski definition) is 9. The molecule has 0 amide bonds. The molecule has 2 saturated heterocycles. The lowest BCUT2D eigenvalue weighted by molar-refractivity contribution is -0.191. The largest absolute Gasteiger partial charge is 0.478 e. The Labute approximate surface area is 494 Å². The van der Waals surface area contributed by atoms with Crippen molar-refractivity contribution < 1.29 is 29.0 Å². The summed E-state index contributed by atoms with van der Waals surface area (Å²) < 4.78 is 16.1. The summed E-state index contributed by atoms with van der Waals surface area (Å²) in [6.07, 6.45) is 18.5. The van der Waals surface area contributed by atoms with E-state index in [0.29, 0.717) is 29.2 Å². The molecular formula is C67H90Cl2N6O6. The third-order valence-corrected chi connectivity index (χ3v) is 18.7. The van der Waals surface area contributed by atoms with E-state index in [1.165, 1.54) is 182 Å². The van der Waals surface area contributed by atoms with Crippen LogP contribution in [-0.2, 0) is 32.2 Å². The molecular weight excluding hydrogens is 1060 g/mol. The van der Waals surface area contributed by atoms with E-state index < -0.39 is 5.97 Å². The van der Waals surface area contributed by atoms with Crippen LogP contribution in [0, 0.1) is 32.6 Å². The van der Waals surface area contributed by atoms with Crippen molar-refractivity contribution in [3.05, 3.63) is 106 Å². The number of fused-ring (bicyclic) bond motifs is 10. The average molecular weight is 1150 g/mol. The zero-order valence-electron chi connectivity index (χ0n) is 49.0. The molecule has 12 rings (SSSR count). The highest BCUT2D eigenvalue weighted by Gasteiger charge is 2.34. The van der Waals surface area contributed by atoms with Crippen LogP contribution in [0.25, 0.3) is 44.3 Å². The number of carboxylic acids is 1. The molecule has 2 aromatic heterocycles. The molecule has 6 aliphatic rings. The van der Waals surface area contributed by atoms with Gasteiger partial charge in [0.05, 0.1) is 30.2 Å². The minimum absolute atomic E-state index is 0. The number of carboxylic acid groups (broad SMARTS) is 1. The maximum atomic E-state index is 11.9. The van der Waals surface area contributed by atoms with E-state index in [0.717, 1.165) is 77.6 Å². The second-order valence-corrected chi connectivity index (χ2v) is 24.2. The molecule has 4 fully saturated rings. The Bertz CT molecular complexity index is 3090. The first-order chi connectivity index (χ1) is 38.6. The van der Waals surface area contributed by atoms with Gasteiger partial charge in [0, 0.05) is 124 Å². The number of rotatable bonds is 13. The summed E-state index contributed by atoms with van der Waals surface area (Å²) in [7, 11) is 3.66. The van der Waals surface area contributed by atoms with Gasteiger partial charge in [0.15, 0.2) is 0 Å². The number of aromatic carboxylic acids is 1. The monoisotopic (exact) mass is 1140 g/mol. The topological polar surface area (TPSA) is 113 Å². The van der Waals surface area contributed by atoms with E-state index in [2.05, 4.69) is 110 Å². The molecule has 12 nitrogen and oxygen atoms in total. The zero-order chi connectivity index (χ0) is 55.0. The average Bonchev–Trinajstić information content (AvgIpc) is 4.07. The molecule has 0 radical (unpaired) electrons. The summed E-state index contributed by atoms with van der Waals surface area (Å²) in [4.78, 5) is 38.8. The minimum Gasteiger partial charge on any atom is -0.478 e. The van der Waals surface area contributed by atoms with E-state index in [1.54, 1.807) is 11.6 Å². The summed E-state index contributed by atoms with van der Waals surface area (Å²) in [5.74, 6) is 1.68. The number of anilines is 2. The SMILES string of the molecule is COC[C@@H]1CCCN(CCN2CCn3c(c(C4CCCCC4)c4ccc(C(=O)O)cc43)-c3ccc(C)cc32)C1.COC[C@@H]1CCCN(CCN2CCn3c(c(C4CCCCC4)c4ccc(C)cc43)-c3ccc(C)cc32)C1.Cl.Cl.O=C=O. The number of piperidine rings is 2. The molecule has 14 heteroatoms. The smallest absolute Gasteiger partial charge is 0.373 e. The van der Waals surface area contributed by atoms with Gasteiger partial charge in [-0.2, -0.15) is 9.59 Å². The first-order valence-electron chi connectivity index (χ1n) is 30.2. The number of aryl methyl sites for hydroxylation is 3. The van der Waals surface area contributed by atoms with E-state index in [4.69, 9.17) is 19.1 Å². The molecule has 6 aromatic rings. The first kappa shape index (κ1) is 61.9. The van der Waals surface area contributed by atoms with Crippen LogP contribution in [0.2, 0.25) is 0 Å². The Kier molecular flexibility index (Phi) is 22.1. The molecule has 4 aromatic carbocycles. The van der Waals surface area contributed by atoms with Gasteiger partial charge in [-0.15, -0.1) is 24.8 Å². The van der Waals surface area contributed by atoms with Crippen LogP contribution < -0.4 is 9.80 Å². The normalized spacial score (nSPS) is 19.7. The van der Waals surface area contributed by atoms with Crippen LogP contribution in [0.4, 0.5) is 11.4 Å². The highest BCUT2D eigenvalue weighted by atomic mass is 35.5. The van der Waals surface area contributed by atoms with Crippen LogP contribution >= 0.6 is 24.8 Å². The minimum atomic E-state index is -0.855. The molecule has 438 valence electrons. The molecule has 81 heavy (non-hydrogen) atoms. The number of carbonyl (C=O) groups excluding carboxylic acids is 2.